The molecule has 2 aromatic rings. The van der Waals surface area contributed by atoms with Gasteiger partial charge in [-0.05, 0) is 37.3 Å². The van der Waals surface area contributed by atoms with E-state index in [4.69, 9.17) is 17.3 Å². The van der Waals surface area contributed by atoms with Gasteiger partial charge in [0.15, 0.2) is 11.8 Å². The number of benzene rings is 2. The second-order valence-corrected chi connectivity index (χ2v) is 5.65. The van der Waals surface area contributed by atoms with E-state index in [0.717, 1.165) is 6.07 Å². The maximum absolute atomic E-state index is 13.9. The Balaban J connectivity index is 0.00000364. The van der Waals surface area contributed by atoms with Crippen LogP contribution in [0.5, 0.6) is 0 Å². The minimum absolute atomic E-state index is 0. The van der Waals surface area contributed by atoms with Crippen LogP contribution in [0.25, 0.3) is 0 Å². The van der Waals surface area contributed by atoms with Gasteiger partial charge in [-0.2, -0.15) is 0 Å². The summed E-state index contributed by atoms with van der Waals surface area (Å²) in [5, 5.41) is 2.60. The zero-order chi connectivity index (χ0) is 19.3. The molecule has 144 valence electrons. The maximum atomic E-state index is 13.9. The van der Waals surface area contributed by atoms with Gasteiger partial charge in [-0.3, -0.25) is 9.59 Å². The molecule has 0 radical (unpaired) electrons. The SMILES string of the molecule is Br.CCOC(=O)[C@@H](N)C(=O)Nc1ccc(Cl)cc1C(=O)c1ccccc1F. The normalized spacial score (nSPS) is 11.1. The number of carbonyl (C=O) groups excluding carboxylic acids is 3. The summed E-state index contributed by atoms with van der Waals surface area (Å²) in [6.07, 6.45) is 0. The van der Waals surface area contributed by atoms with Crippen molar-refractivity contribution in [2.45, 2.75) is 13.0 Å². The molecule has 0 aliphatic rings. The molecule has 1 atom stereocenters. The van der Waals surface area contributed by atoms with E-state index in [1.165, 1.54) is 36.4 Å². The van der Waals surface area contributed by atoms with Crippen molar-refractivity contribution in [3.05, 3.63) is 64.4 Å². The maximum Gasteiger partial charge on any atom is 0.332 e. The highest BCUT2D eigenvalue weighted by Crippen LogP contribution is 2.25. The first-order chi connectivity index (χ1) is 12.3. The highest BCUT2D eigenvalue weighted by atomic mass is 79.9. The van der Waals surface area contributed by atoms with Crippen molar-refractivity contribution in [1.29, 1.82) is 0 Å². The number of amides is 1. The number of rotatable bonds is 6. The van der Waals surface area contributed by atoms with Crippen LogP contribution in [0.2, 0.25) is 5.02 Å². The number of carbonyl (C=O) groups is 3. The molecule has 0 unspecified atom stereocenters. The summed E-state index contributed by atoms with van der Waals surface area (Å²) >= 11 is 5.92. The summed E-state index contributed by atoms with van der Waals surface area (Å²) in [4.78, 5) is 36.4. The molecular formula is C18H17BrClFN2O4. The van der Waals surface area contributed by atoms with Crippen molar-refractivity contribution >= 4 is 51.9 Å². The van der Waals surface area contributed by atoms with Gasteiger partial charge in [-0.15, -0.1) is 17.0 Å². The lowest BCUT2D eigenvalue weighted by Gasteiger charge is -2.14. The van der Waals surface area contributed by atoms with Crippen molar-refractivity contribution in [1.82, 2.24) is 0 Å². The van der Waals surface area contributed by atoms with E-state index in [-0.39, 0.29) is 45.4 Å². The van der Waals surface area contributed by atoms with E-state index in [1.807, 2.05) is 0 Å². The molecule has 1 amide bonds. The van der Waals surface area contributed by atoms with Crippen molar-refractivity contribution in [3.8, 4) is 0 Å². The standard InChI is InChI=1S/C18H16ClFN2O4.BrH/c1-2-26-18(25)15(21)17(24)22-14-8-7-10(19)9-12(14)16(23)11-5-3-4-6-13(11)20;/h3-9,15H,2,21H2,1H3,(H,22,24);1H/t15-;/m0./s1. The van der Waals surface area contributed by atoms with E-state index < -0.39 is 29.5 Å². The van der Waals surface area contributed by atoms with Crippen LogP contribution in [0.3, 0.4) is 0 Å². The lowest BCUT2D eigenvalue weighted by atomic mass is 10.0. The zero-order valence-electron chi connectivity index (χ0n) is 14.2. The molecule has 6 nitrogen and oxygen atoms in total. The van der Waals surface area contributed by atoms with Gasteiger partial charge in [0.2, 0.25) is 0 Å². The Hall–Kier alpha value is -2.29. The van der Waals surface area contributed by atoms with Gasteiger partial charge < -0.3 is 15.8 Å². The molecule has 0 saturated carbocycles. The van der Waals surface area contributed by atoms with Gasteiger partial charge in [0.05, 0.1) is 17.9 Å². The second-order valence-electron chi connectivity index (χ2n) is 5.22. The Bertz CT molecular complexity index is 863. The third kappa shape index (κ3) is 5.59. The van der Waals surface area contributed by atoms with E-state index >= 15 is 0 Å². The third-order valence-corrected chi connectivity index (χ3v) is 3.66. The average Bonchev–Trinajstić information content (AvgIpc) is 2.62. The first kappa shape index (κ1) is 22.8. The van der Waals surface area contributed by atoms with E-state index in [2.05, 4.69) is 10.1 Å². The minimum Gasteiger partial charge on any atom is -0.464 e. The highest BCUT2D eigenvalue weighted by molar-refractivity contribution is 8.93. The Morgan fingerprint density at radius 2 is 1.85 bits per heavy atom. The van der Waals surface area contributed by atoms with Gasteiger partial charge in [0.25, 0.3) is 5.91 Å². The third-order valence-electron chi connectivity index (χ3n) is 3.43. The molecule has 3 N–H and O–H groups in total. The van der Waals surface area contributed by atoms with Crippen LogP contribution < -0.4 is 11.1 Å². The summed E-state index contributed by atoms with van der Waals surface area (Å²) in [5.41, 5.74) is 5.36. The smallest absolute Gasteiger partial charge is 0.332 e. The van der Waals surface area contributed by atoms with E-state index in [1.54, 1.807) is 6.92 Å². The molecule has 27 heavy (non-hydrogen) atoms. The molecular weight excluding hydrogens is 443 g/mol. The molecule has 2 aromatic carbocycles. The molecule has 2 rings (SSSR count). The minimum atomic E-state index is -1.57. The van der Waals surface area contributed by atoms with Gasteiger partial charge >= 0.3 is 5.97 Å². The summed E-state index contributed by atoms with van der Waals surface area (Å²) < 4.78 is 18.6. The monoisotopic (exact) mass is 458 g/mol. The van der Waals surface area contributed by atoms with Crippen LogP contribution in [-0.4, -0.2) is 30.3 Å². The van der Waals surface area contributed by atoms with Crippen LogP contribution in [-0.2, 0) is 14.3 Å². The first-order valence-corrected chi connectivity index (χ1v) is 8.04. The number of esters is 1. The fourth-order valence-corrected chi connectivity index (χ4v) is 2.33. The number of ketones is 1. The summed E-state index contributed by atoms with van der Waals surface area (Å²) in [7, 11) is 0. The number of hydrogen-bond acceptors (Lipinski definition) is 5. The molecule has 0 aliphatic heterocycles. The quantitative estimate of drug-likeness (QED) is 0.393. The zero-order valence-corrected chi connectivity index (χ0v) is 16.7. The molecule has 0 saturated heterocycles. The lowest BCUT2D eigenvalue weighted by Crippen LogP contribution is -2.43. The predicted octanol–water partition coefficient (Wildman–Crippen LogP) is 3.12. The molecule has 0 fully saturated rings. The largest absolute Gasteiger partial charge is 0.464 e. The number of nitrogens with one attached hydrogen (secondary N) is 1. The van der Waals surface area contributed by atoms with E-state index in [9.17, 15) is 18.8 Å². The molecule has 0 bridgehead atoms. The lowest BCUT2D eigenvalue weighted by molar-refractivity contribution is -0.146. The number of nitrogens with two attached hydrogens (primary N) is 1. The van der Waals surface area contributed by atoms with Crippen molar-refractivity contribution in [2.75, 3.05) is 11.9 Å². The van der Waals surface area contributed by atoms with Gasteiger partial charge in [-0.1, -0.05) is 23.7 Å². The highest BCUT2D eigenvalue weighted by Gasteiger charge is 2.25. The number of halogens is 3. The Morgan fingerprint density at radius 3 is 2.48 bits per heavy atom. The van der Waals surface area contributed by atoms with Crippen LogP contribution >= 0.6 is 28.6 Å². The fourth-order valence-electron chi connectivity index (χ4n) is 2.15. The van der Waals surface area contributed by atoms with E-state index in [0.29, 0.717) is 0 Å². The Kier molecular flexibility index (Phi) is 8.55. The van der Waals surface area contributed by atoms with Crippen LogP contribution in [0.15, 0.2) is 42.5 Å². The first-order valence-electron chi connectivity index (χ1n) is 7.67. The molecule has 0 aromatic heterocycles. The van der Waals surface area contributed by atoms with Crippen molar-refractivity contribution in [2.24, 2.45) is 5.73 Å². The predicted molar refractivity (Wildman–Crippen MR) is 105 cm³/mol. The molecule has 0 heterocycles. The van der Waals surface area contributed by atoms with Crippen LogP contribution in [0.4, 0.5) is 10.1 Å². The van der Waals surface area contributed by atoms with Gasteiger partial charge in [0.1, 0.15) is 5.82 Å². The van der Waals surface area contributed by atoms with Gasteiger partial charge in [-0.25, -0.2) is 9.18 Å². The second kappa shape index (κ2) is 10.1. The van der Waals surface area contributed by atoms with Crippen molar-refractivity contribution < 1.29 is 23.5 Å². The average molecular weight is 460 g/mol. The number of hydrogen-bond donors (Lipinski definition) is 2. The Labute approximate surface area is 170 Å². The molecule has 9 heteroatoms. The Morgan fingerprint density at radius 1 is 1.19 bits per heavy atom. The van der Waals surface area contributed by atoms with Crippen molar-refractivity contribution in [3.63, 3.8) is 0 Å². The van der Waals surface area contributed by atoms with Crippen LogP contribution in [0, 0.1) is 5.82 Å². The summed E-state index contributed by atoms with van der Waals surface area (Å²) in [6.45, 7) is 1.64. The fraction of sp³-hybridized carbons (Fsp3) is 0.167. The molecule has 0 spiro atoms. The summed E-state index contributed by atoms with van der Waals surface area (Å²) in [5.74, 6) is -3.15. The van der Waals surface area contributed by atoms with Gasteiger partial charge in [0, 0.05) is 10.6 Å². The van der Waals surface area contributed by atoms with Crippen LogP contribution in [0.1, 0.15) is 22.8 Å². The number of anilines is 1. The number of ether oxygens (including phenoxy) is 1. The topological polar surface area (TPSA) is 98.5 Å². The molecule has 0 aliphatic carbocycles. The summed E-state index contributed by atoms with van der Waals surface area (Å²) in [6, 6.07) is 7.95.